The van der Waals surface area contributed by atoms with Crippen LogP contribution in [0.15, 0.2) is 18.3 Å². The molecule has 0 aliphatic rings. The van der Waals surface area contributed by atoms with Crippen LogP contribution < -0.4 is 5.73 Å². The molecular weight excluding hydrogens is 238 g/mol. The summed E-state index contributed by atoms with van der Waals surface area (Å²) in [5, 5.41) is 9.30. The lowest BCUT2D eigenvalue weighted by Gasteiger charge is -2.05. The lowest BCUT2D eigenvalue weighted by molar-refractivity contribution is 1.08. The van der Waals surface area contributed by atoms with Crippen LogP contribution in [-0.4, -0.2) is 15.0 Å². The van der Waals surface area contributed by atoms with Gasteiger partial charge < -0.3 is 5.73 Å². The van der Waals surface area contributed by atoms with E-state index in [1.807, 2.05) is 6.07 Å². The maximum atomic E-state index is 8.86. The van der Waals surface area contributed by atoms with Crippen LogP contribution in [0, 0.1) is 18.3 Å². The molecule has 2 aromatic heterocycles. The van der Waals surface area contributed by atoms with Crippen LogP contribution >= 0.6 is 11.6 Å². The monoisotopic (exact) mass is 245 g/mol. The van der Waals surface area contributed by atoms with Gasteiger partial charge in [0.1, 0.15) is 23.1 Å². The maximum Gasteiger partial charge on any atom is 0.182 e. The molecule has 5 nitrogen and oxygen atoms in total. The first-order valence-electron chi connectivity index (χ1n) is 4.78. The van der Waals surface area contributed by atoms with Crippen LogP contribution in [0.25, 0.3) is 11.5 Å². The topological polar surface area (TPSA) is 88.5 Å². The number of anilines is 1. The summed E-state index contributed by atoms with van der Waals surface area (Å²) in [6.07, 6.45) is 1.59. The van der Waals surface area contributed by atoms with Crippen molar-refractivity contribution >= 4 is 17.4 Å². The Morgan fingerprint density at radius 1 is 1.41 bits per heavy atom. The van der Waals surface area contributed by atoms with Crippen LogP contribution in [-0.2, 0) is 0 Å². The Morgan fingerprint density at radius 2 is 2.18 bits per heavy atom. The molecule has 0 aliphatic carbocycles. The molecule has 2 aromatic rings. The van der Waals surface area contributed by atoms with E-state index in [0.29, 0.717) is 22.2 Å². The van der Waals surface area contributed by atoms with Crippen molar-refractivity contribution in [1.29, 1.82) is 5.26 Å². The zero-order chi connectivity index (χ0) is 12.4. The predicted molar refractivity (Wildman–Crippen MR) is 64.1 cm³/mol. The zero-order valence-corrected chi connectivity index (χ0v) is 9.73. The van der Waals surface area contributed by atoms with Gasteiger partial charge in [0.25, 0.3) is 0 Å². The van der Waals surface area contributed by atoms with Crippen molar-refractivity contribution < 1.29 is 0 Å². The highest BCUT2D eigenvalue weighted by molar-refractivity contribution is 6.32. The Kier molecular flexibility index (Phi) is 2.90. The summed E-state index contributed by atoms with van der Waals surface area (Å²) >= 11 is 5.99. The average molecular weight is 246 g/mol. The van der Waals surface area contributed by atoms with Gasteiger partial charge in [-0.15, -0.1) is 0 Å². The van der Waals surface area contributed by atoms with Gasteiger partial charge >= 0.3 is 0 Å². The van der Waals surface area contributed by atoms with Crippen LogP contribution in [0.3, 0.4) is 0 Å². The third-order valence-electron chi connectivity index (χ3n) is 2.20. The summed E-state index contributed by atoms with van der Waals surface area (Å²) in [4.78, 5) is 12.3. The predicted octanol–water partition coefficient (Wildman–Crippen LogP) is 1.95. The van der Waals surface area contributed by atoms with Crippen molar-refractivity contribution in [3.05, 3.63) is 34.6 Å². The molecule has 17 heavy (non-hydrogen) atoms. The second kappa shape index (κ2) is 4.36. The van der Waals surface area contributed by atoms with E-state index in [1.165, 1.54) is 0 Å². The van der Waals surface area contributed by atoms with Crippen molar-refractivity contribution in [1.82, 2.24) is 15.0 Å². The van der Waals surface area contributed by atoms with Crippen LogP contribution in [0.2, 0.25) is 5.02 Å². The van der Waals surface area contributed by atoms with Gasteiger partial charge in [0.05, 0.1) is 10.7 Å². The van der Waals surface area contributed by atoms with Gasteiger partial charge in [0, 0.05) is 6.20 Å². The fourth-order valence-corrected chi connectivity index (χ4v) is 1.60. The lowest BCUT2D eigenvalue weighted by Crippen LogP contribution is -2.03. The number of pyridine rings is 1. The molecule has 0 saturated carbocycles. The zero-order valence-electron chi connectivity index (χ0n) is 8.98. The normalized spacial score (nSPS) is 9.94. The van der Waals surface area contributed by atoms with E-state index in [-0.39, 0.29) is 11.4 Å². The summed E-state index contributed by atoms with van der Waals surface area (Å²) in [7, 11) is 0. The summed E-state index contributed by atoms with van der Waals surface area (Å²) in [6, 6.07) is 5.36. The van der Waals surface area contributed by atoms with Crippen molar-refractivity contribution in [3.63, 3.8) is 0 Å². The minimum absolute atomic E-state index is 0.136. The minimum Gasteiger partial charge on any atom is -0.382 e. The Hall–Kier alpha value is -2.19. The molecule has 0 aromatic carbocycles. The number of nitrogen functional groups attached to an aromatic ring is 1. The van der Waals surface area contributed by atoms with Crippen molar-refractivity contribution in [2.24, 2.45) is 0 Å². The van der Waals surface area contributed by atoms with Gasteiger partial charge in [-0.25, -0.2) is 9.97 Å². The number of rotatable bonds is 1. The molecule has 2 N–H and O–H groups in total. The van der Waals surface area contributed by atoms with E-state index >= 15 is 0 Å². The minimum atomic E-state index is 0.136. The maximum absolute atomic E-state index is 8.86. The molecule has 0 atom stereocenters. The quantitative estimate of drug-likeness (QED) is 0.830. The SMILES string of the molecule is Cc1nc(-c2ncccc2Cl)nc(N)c1C#N. The number of hydrogen-bond acceptors (Lipinski definition) is 5. The number of nitrogens with two attached hydrogens (primary N) is 1. The molecular formula is C11H8ClN5. The van der Waals surface area contributed by atoms with E-state index in [1.54, 1.807) is 25.3 Å². The third kappa shape index (κ3) is 2.03. The van der Waals surface area contributed by atoms with E-state index in [9.17, 15) is 0 Å². The number of nitriles is 1. The van der Waals surface area contributed by atoms with E-state index in [0.717, 1.165) is 0 Å². The average Bonchev–Trinajstić information content (AvgIpc) is 2.29. The molecule has 0 amide bonds. The van der Waals surface area contributed by atoms with Gasteiger partial charge in [0.15, 0.2) is 5.82 Å². The lowest BCUT2D eigenvalue weighted by atomic mass is 10.2. The van der Waals surface area contributed by atoms with E-state index < -0.39 is 0 Å². The third-order valence-corrected chi connectivity index (χ3v) is 2.50. The molecule has 0 unspecified atom stereocenters. The molecule has 0 bridgehead atoms. The Balaban J connectivity index is 2.64. The van der Waals surface area contributed by atoms with Gasteiger partial charge in [0.2, 0.25) is 0 Å². The van der Waals surface area contributed by atoms with Gasteiger partial charge in [-0.2, -0.15) is 5.26 Å². The molecule has 84 valence electrons. The van der Waals surface area contributed by atoms with Crippen molar-refractivity contribution in [2.45, 2.75) is 6.92 Å². The highest BCUT2D eigenvalue weighted by Crippen LogP contribution is 2.24. The number of hydrogen-bond donors (Lipinski definition) is 1. The molecule has 2 rings (SSSR count). The Labute approximate surface area is 103 Å². The van der Waals surface area contributed by atoms with E-state index in [2.05, 4.69) is 15.0 Å². The number of halogens is 1. The first-order chi connectivity index (χ1) is 8.13. The number of aromatic nitrogens is 3. The molecule has 0 saturated heterocycles. The van der Waals surface area contributed by atoms with Gasteiger partial charge in [-0.1, -0.05) is 11.6 Å². The first-order valence-corrected chi connectivity index (χ1v) is 5.16. The van der Waals surface area contributed by atoms with Crippen molar-refractivity contribution in [2.75, 3.05) is 5.73 Å². The second-order valence-electron chi connectivity index (χ2n) is 3.34. The molecule has 6 heteroatoms. The van der Waals surface area contributed by atoms with Gasteiger partial charge in [-0.3, -0.25) is 4.98 Å². The number of aryl methyl sites for hydroxylation is 1. The summed E-state index contributed by atoms with van der Waals surface area (Å²) in [5.41, 5.74) is 6.92. The standard InChI is InChI=1S/C11H8ClN5/c1-6-7(5-13)10(14)17-11(16-6)9-8(12)3-2-4-15-9/h2-4H,1H3,(H2,14,16,17). The molecule has 0 aliphatic heterocycles. The first kappa shape index (κ1) is 11.3. The fraction of sp³-hybridized carbons (Fsp3) is 0.0909. The highest BCUT2D eigenvalue weighted by atomic mass is 35.5. The number of nitrogens with zero attached hydrogens (tertiary/aromatic N) is 4. The smallest absolute Gasteiger partial charge is 0.182 e. The molecule has 0 fully saturated rings. The van der Waals surface area contributed by atoms with Gasteiger partial charge in [-0.05, 0) is 19.1 Å². The Morgan fingerprint density at radius 3 is 2.76 bits per heavy atom. The summed E-state index contributed by atoms with van der Waals surface area (Å²) in [5.74, 6) is 0.460. The highest BCUT2D eigenvalue weighted by Gasteiger charge is 2.13. The molecule has 0 radical (unpaired) electrons. The molecule has 2 heterocycles. The van der Waals surface area contributed by atoms with Crippen LogP contribution in [0.1, 0.15) is 11.3 Å². The summed E-state index contributed by atoms with van der Waals surface area (Å²) in [6.45, 7) is 1.69. The fourth-order valence-electron chi connectivity index (χ4n) is 1.39. The van der Waals surface area contributed by atoms with Crippen LogP contribution in [0.5, 0.6) is 0 Å². The molecule has 0 spiro atoms. The van der Waals surface area contributed by atoms with Crippen LogP contribution in [0.4, 0.5) is 5.82 Å². The Bertz CT molecular complexity index is 594. The largest absolute Gasteiger partial charge is 0.382 e. The van der Waals surface area contributed by atoms with Crippen molar-refractivity contribution in [3.8, 4) is 17.6 Å². The summed E-state index contributed by atoms with van der Waals surface area (Å²) < 4.78 is 0. The van der Waals surface area contributed by atoms with E-state index in [4.69, 9.17) is 22.6 Å². The second-order valence-corrected chi connectivity index (χ2v) is 3.75.